The molecule has 3 aromatic rings. The van der Waals surface area contributed by atoms with Crippen LogP contribution in [-0.4, -0.2) is 73.6 Å². The van der Waals surface area contributed by atoms with Gasteiger partial charge in [-0.2, -0.15) is 5.10 Å². The minimum atomic E-state index is -1.80. The molecule has 0 bridgehead atoms. The number of carboxylic acid groups (broad SMARTS) is 1. The van der Waals surface area contributed by atoms with E-state index in [4.69, 9.17) is 31.8 Å². The number of aryl methyl sites for hydroxylation is 2. The molecule has 2 aromatic heterocycles. The van der Waals surface area contributed by atoms with Gasteiger partial charge in [0.15, 0.2) is 11.8 Å². The van der Waals surface area contributed by atoms with Gasteiger partial charge < -0.3 is 10.0 Å². The Morgan fingerprint density at radius 2 is 2.03 bits per heavy atom. The molecule has 4 heterocycles. The molecule has 0 saturated carbocycles. The fourth-order valence-corrected chi connectivity index (χ4v) is 6.65. The van der Waals surface area contributed by atoms with Crippen LogP contribution in [0.1, 0.15) is 62.4 Å². The van der Waals surface area contributed by atoms with Gasteiger partial charge in [0.25, 0.3) is 0 Å². The molecule has 2 fully saturated rings. The third-order valence-corrected chi connectivity index (χ3v) is 8.62. The quantitative estimate of drug-likeness (QED) is 0.389. The van der Waals surface area contributed by atoms with Crippen molar-refractivity contribution < 1.29 is 14.3 Å². The first-order chi connectivity index (χ1) is 18.1. The lowest BCUT2D eigenvalue weighted by Gasteiger charge is -2.44. The molecule has 2 aliphatic heterocycles. The van der Waals surface area contributed by atoms with Crippen LogP contribution < -0.4 is 4.90 Å². The van der Waals surface area contributed by atoms with Crippen molar-refractivity contribution in [3.05, 3.63) is 46.2 Å². The van der Waals surface area contributed by atoms with E-state index in [1.165, 1.54) is 0 Å². The normalized spacial score (nSPS) is 23.5. The molecule has 11 heteroatoms. The zero-order chi connectivity index (χ0) is 27.1. The highest BCUT2D eigenvalue weighted by Crippen LogP contribution is 2.34. The molecular formula is C28H37Cl2FN6O2. The van der Waals surface area contributed by atoms with Crippen molar-refractivity contribution in [2.45, 2.75) is 77.7 Å². The number of piperidine rings is 1. The second kappa shape index (κ2) is 11.9. The van der Waals surface area contributed by atoms with Crippen molar-refractivity contribution >= 4 is 47.0 Å². The summed E-state index contributed by atoms with van der Waals surface area (Å²) in [6, 6.07) is 6.18. The zero-order valence-electron chi connectivity index (χ0n) is 22.8. The number of halogens is 3. The Hall–Kier alpha value is -2.49. The first-order valence-corrected chi connectivity index (χ1v) is 13.9. The number of nitrogens with zero attached hydrogens (tertiary/aromatic N) is 6. The number of alkyl halides is 1. The topological polar surface area (TPSA) is 87.4 Å². The number of benzene rings is 1. The van der Waals surface area contributed by atoms with Gasteiger partial charge in [0.2, 0.25) is 0 Å². The lowest BCUT2D eigenvalue weighted by Crippen LogP contribution is -2.52. The van der Waals surface area contributed by atoms with Gasteiger partial charge >= 0.3 is 5.97 Å². The number of fused-ring (bicyclic) bond motifs is 1. The van der Waals surface area contributed by atoms with E-state index in [9.17, 15) is 9.18 Å². The smallest absolute Gasteiger partial charge is 0.338 e. The Balaban J connectivity index is 0.00000353. The number of likely N-dealkylation sites (tertiary alicyclic amines) is 1. The fraction of sp³-hybridized carbons (Fsp3) is 0.571. The Morgan fingerprint density at radius 1 is 1.26 bits per heavy atom. The van der Waals surface area contributed by atoms with Crippen molar-refractivity contribution in [3.63, 3.8) is 0 Å². The van der Waals surface area contributed by atoms with Crippen molar-refractivity contribution in [2.75, 3.05) is 24.5 Å². The molecular weight excluding hydrogens is 542 g/mol. The summed E-state index contributed by atoms with van der Waals surface area (Å²) in [6.45, 7) is 10.9. The average molecular weight is 580 g/mol. The van der Waals surface area contributed by atoms with Gasteiger partial charge in [-0.3, -0.25) is 4.90 Å². The maximum atomic E-state index is 14.0. The second-order valence-corrected chi connectivity index (χ2v) is 11.4. The SMILES string of the molecule is Cc1cc(Cl)ccc1C(C)n1nc(C)c2ncc(N3CCC(N4CCCC4CC(F)C(=O)O)C(C)C3)nc21.Cl. The fourth-order valence-electron chi connectivity index (χ4n) is 6.43. The van der Waals surface area contributed by atoms with Gasteiger partial charge in [-0.1, -0.05) is 24.6 Å². The highest BCUT2D eigenvalue weighted by atomic mass is 35.5. The standard InChI is InChI=1S/C28H36ClFN6O2.ClH/c1-16-12-20(29)7-8-22(16)19(4)36-27-26(18(3)33-36)31-14-25(32-27)34-11-9-24(17(2)15-34)35-10-5-6-21(35)13-23(30)28(37)38;/h7-8,12,14,17,19,21,23-24H,5-6,9-11,13,15H2,1-4H3,(H,37,38);1H. The summed E-state index contributed by atoms with van der Waals surface area (Å²) in [6.07, 6.45) is 2.87. The number of carbonyl (C=O) groups is 1. The molecule has 8 nitrogen and oxygen atoms in total. The molecule has 1 aromatic carbocycles. The third-order valence-electron chi connectivity index (χ3n) is 8.39. The molecule has 2 aliphatic rings. The van der Waals surface area contributed by atoms with Gasteiger partial charge in [-0.15, -0.1) is 12.4 Å². The summed E-state index contributed by atoms with van der Waals surface area (Å²) in [5.41, 5.74) is 4.65. The summed E-state index contributed by atoms with van der Waals surface area (Å²) >= 11 is 6.19. The number of carboxylic acids is 1. The zero-order valence-corrected chi connectivity index (χ0v) is 24.4. The van der Waals surface area contributed by atoms with E-state index in [1.54, 1.807) is 0 Å². The number of aromatic nitrogens is 4. The van der Waals surface area contributed by atoms with E-state index in [0.717, 1.165) is 72.7 Å². The number of hydrogen-bond donors (Lipinski definition) is 1. The van der Waals surface area contributed by atoms with E-state index in [2.05, 4.69) is 30.6 Å². The van der Waals surface area contributed by atoms with Crippen LogP contribution in [0, 0.1) is 19.8 Å². The van der Waals surface area contributed by atoms with Crippen molar-refractivity contribution in [1.82, 2.24) is 24.6 Å². The van der Waals surface area contributed by atoms with Crippen LogP contribution >= 0.6 is 24.0 Å². The summed E-state index contributed by atoms with van der Waals surface area (Å²) in [5.74, 6) is -0.202. The Morgan fingerprint density at radius 3 is 2.72 bits per heavy atom. The van der Waals surface area contributed by atoms with E-state index in [0.29, 0.717) is 17.0 Å². The predicted molar refractivity (Wildman–Crippen MR) is 154 cm³/mol. The van der Waals surface area contributed by atoms with Gasteiger partial charge in [0.05, 0.1) is 17.9 Å². The number of anilines is 1. The van der Waals surface area contributed by atoms with E-state index in [-0.39, 0.29) is 30.9 Å². The number of rotatable bonds is 7. The van der Waals surface area contributed by atoms with Crippen LogP contribution in [0.3, 0.4) is 0 Å². The minimum Gasteiger partial charge on any atom is -0.479 e. The first-order valence-electron chi connectivity index (χ1n) is 13.5. The molecule has 0 aliphatic carbocycles. The molecule has 2 saturated heterocycles. The van der Waals surface area contributed by atoms with Crippen LogP contribution in [0.5, 0.6) is 0 Å². The Labute approximate surface area is 240 Å². The van der Waals surface area contributed by atoms with Crippen molar-refractivity contribution in [3.8, 4) is 0 Å². The monoisotopic (exact) mass is 578 g/mol. The molecule has 0 radical (unpaired) electrons. The third kappa shape index (κ3) is 5.86. The molecule has 212 valence electrons. The first kappa shape index (κ1) is 29.5. The van der Waals surface area contributed by atoms with Crippen LogP contribution in [0.25, 0.3) is 11.2 Å². The Kier molecular flexibility index (Phi) is 9.03. The van der Waals surface area contributed by atoms with Gasteiger partial charge in [0, 0.05) is 36.6 Å². The van der Waals surface area contributed by atoms with Crippen molar-refractivity contribution in [2.24, 2.45) is 5.92 Å². The van der Waals surface area contributed by atoms with Gasteiger partial charge in [-0.05, 0) is 75.8 Å². The van der Waals surface area contributed by atoms with Crippen LogP contribution in [0.15, 0.2) is 24.4 Å². The molecule has 5 atom stereocenters. The maximum Gasteiger partial charge on any atom is 0.338 e. The highest BCUT2D eigenvalue weighted by Gasteiger charge is 2.38. The largest absolute Gasteiger partial charge is 0.479 e. The summed E-state index contributed by atoms with van der Waals surface area (Å²) < 4.78 is 16.0. The molecule has 0 amide bonds. The van der Waals surface area contributed by atoms with Crippen LogP contribution in [0.4, 0.5) is 10.2 Å². The molecule has 1 N–H and O–H groups in total. The summed E-state index contributed by atoms with van der Waals surface area (Å²) in [5, 5.41) is 14.6. The summed E-state index contributed by atoms with van der Waals surface area (Å²) in [4.78, 5) is 25.5. The Bertz CT molecular complexity index is 1340. The molecule has 5 rings (SSSR count). The minimum absolute atomic E-state index is 0. The number of hydrogen-bond acceptors (Lipinski definition) is 6. The molecule has 5 unspecified atom stereocenters. The molecule has 39 heavy (non-hydrogen) atoms. The highest BCUT2D eigenvalue weighted by molar-refractivity contribution is 6.30. The van der Waals surface area contributed by atoms with E-state index < -0.39 is 12.1 Å². The number of aliphatic carboxylic acids is 1. The summed E-state index contributed by atoms with van der Waals surface area (Å²) in [7, 11) is 0. The predicted octanol–water partition coefficient (Wildman–Crippen LogP) is 5.62. The second-order valence-electron chi connectivity index (χ2n) is 11.0. The van der Waals surface area contributed by atoms with Gasteiger partial charge in [0.1, 0.15) is 11.3 Å². The van der Waals surface area contributed by atoms with E-state index >= 15 is 0 Å². The van der Waals surface area contributed by atoms with E-state index in [1.807, 2.05) is 36.0 Å². The lowest BCUT2D eigenvalue weighted by molar-refractivity contribution is -0.143. The maximum absolute atomic E-state index is 14.0. The molecule has 0 spiro atoms. The van der Waals surface area contributed by atoms with Crippen LogP contribution in [0.2, 0.25) is 5.02 Å². The van der Waals surface area contributed by atoms with Crippen LogP contribution in [-0.2, 0) is 4.79 Å². The van der Waals surface area contributed by atoms with Crippen molar-refractivity contribution in [1.29, 1.82) is 0 Å². The average Bonchev–Trinajstić information content (AvgIpc) is 3.47. The lowest BCUT2D eigenvalue weighted by atomic mass is 9.91. The van der Waals surface area contributed by atoms with Gasteiger partial charge in [-0.25, -0.2) is 23.8 Å².